The Morgan fingerprint density at radius 1 is 0.880 bits per heavy atom. The largest absolute Gasteiger partial charge is 0.492 e. The highest BCUT2D eigenvalue weighted by molar-refractivity contribution is 5.92. The minimum atomic E-state index is -0.406. The molecule has 0 radical (unpaired) electrons. The van der Waals surface area contributed by atoms with Gasteiger partial charge in [0, 0.05) is 12.1 Å². The van der Waals surface area contributed by atoms with Gasteiger partial charge in [0.1, 0.15) is 12.4 Å². The zero-order valence-electron chi connectivity index (χ0n) is 16.1. The minimum absolute atomic E-state index is 0.406. The van der Waals surface area contributed by atoms with Gasteiger partial charge in [-0.3, -0.25) is 9.69 Å². The zero-order valence-corrected chi connectivity index (χ0v) is 16.1. The highest BCUT2D eigenvalue weighted by atomic mass is 16.5. The number of carbonyl (C=O) groups excluding carboxylic acids is 1. The lowest BCUT2D eigenvalue weighted by Gasteiger charge is -2.22. The zero-order chi connectivity index (χ0) is 18.3. The number of benzene rings is 1. The van der Waals surface area contributed by atoms with Crippen molar-refractivity contribution in [3.8, 4) is 5.75 Å². The fraction of sp³-hybridized carbons (Fsp3) is 0.667. The molecular weight excluding hydrogens is 312 g/mol. The molecule has 1 aromatic carbocycles. The summed E-state index contributed by atoms with van der Waals surface area (Å²) in [6.45, 7) is 8.46. The van der Waals surface area contributed by atoms with Gasteiger partial charge in [-0.25, -0.2) is 0 Å². The third-order valence-corrected chi connectivity index (χ3v) is 4.47. The predicted octanol–water partition coefficient (Wildman–Crippen LogP) is 4.63. The maximum atomic E-state index is 11.1. The van der Waals surface area contributed by atoms with E-state index in [9.17, 15) is 4.79 Å². The molecule has 0 aromatic heterocycles. The van der Waals surface area contributed by atoms with E-state index in [1.165, 1.54) is 51.4 Å². The first-order valence-electron chi connectivity index (χ1n) is 9.92. The SMILES string of the molecule is CCCCCCN(CCCCCC)CCOc1ccc(C(N)=O)cc1. The monoisotopic (exact) mass is 348 g/mol. The van der Waals surface area contributed by atoms with Crippen LogP contribution in [0.2, 0.25) is 0 Å². The van der Waals surface area contributed by atoms with Crippen LogP contribution in [0.4, 0.5) is 0 Å². The lowest BCUT2D eigenvalue weighted by molar-refractivity contribution is 0.1000. The fourth-order valence-electron chi connectivity index (χ4n) is 2.87. The van der Waals surface area contributed by atoms with Crippen LogP contribution in [0.1, 0.15) is 75.6 Å². The molecule has 25 heavy (non-hydrogen) atoms. The van der Waals surface area contributed by atoms with Crippen molar-refractivity contribution in [3.63, 3.8) is 0 Å². The number of hydrogen-bond donors (Lipinski definition) is 1. The molecule has 142 valence electrons. The van der Waals surface area contributed by atoms with Crippen LogP contribution < -0.4 is 10.5 Å². The van der Waals surface area contributed by atoms with Gasteiger partial charge in [-0.1, -0.05) is 52.4 Å². The van der Waals surface area contributed by atoms with E-state index in [1.54, 1.807) is 12.1 Å². The molecule has 0 heterocycles. The molecule has 0 aliphatic rings. The van der Waals surface area contributed by atoms with Crippen molar-refractivity contribution >= 4 is 5.91 Å². The Kier molecular flexibility index (Phi) is 11.8. The highest BCUT2D eigenvalue weighted by Crippen LogP contribution is 2.12. The quantitative estimate of drug-likeness (QED) is 0.470. The molecule has 0 atom stereocenters. The first-order chi connectivity index (χ1) is 12.2. The maximum Gasteiger partial charge on any atom is 0.248 e. The molecule has 0 saturated carbocycles. The van der Waals surface area contributed by atoms with Gasteiger partial charge in [0.15, 0.2) is 0 Å². The fourth-order valence-corrected chi connectivity index (χ4v) is 2.87. The van der Waals surface area contributed by atoms with Crippen LogP contribution in [0, 0.1) is 0 Å². The third kappa shape index (κ3) is 10.1. The lowest BCUT2D eigenvalue weighted by Crippen LogP contribution is -2.30. The van der Waals surface area contributed by atoms with Crippen molar-refractivity contribution in [3.05, 3.63) is 29.8 Å². The Morgan fingerprint density at radius 2 is 1.44 bits per heavy atom. The number of hydrogen-bond acceptors (Lipinski definition) is 3. The first kappa shape index (κ1) is 21.5. The van der Waals surface area contributed by atoms with Gasteiger partial charge in [-0.05, 0) is 50.2 Å². The highest BCUT2D eigenvalue weighted by Gasteiger charge is 2.06. The second kappa shape index (κ2) is 13.7. The number of primary amides is 1. The topological polar surface area (TPSA) is 55.6 Å². The summed E-state index contributed by atoms with van der Waals surface area (Å²) in [5.41, 5.74) is 5.77. The molecule has 0 fully saturated rings. The van der Waals surface area contributed by atoms with Crippen molar-refractivity contribution in [1.82, 2.24) is 4.90 Å². The number of unbranched alkanes of at least 4 members (excludes halogenated alkanes) is 6. The molecule has 0 bridgehead atoms. The molecule has 0 spiro atoms. The van der Waals surface area contributed by atoms with E-state index in [0.29, 0.717) is 12.2 Å². The van der Waals surface area contributed by atoms with Gasteiger partial charge in [0.25, 0.3) is 0 Å². The molecule has 4 heteroatoms. The summed E-state index contributed by atoms with van der Waals surface area (Å²) in [4.78, 5) is 13.6. The Balaban J connectivity index is 2.34. The van der Waals surface area contributed by atoms with Crippen molar-refractivity contribution in [2.24, 2.45) is 5.73 Å². The summed E-state index contributed by atoms with van der Waals surface area (Å²) < 4.78 is 5.83. The van der Waals surface area contributed by atoms with Gasteiger partial charge >= 0.3 is 0 Å². The number of nitrogens with zero attached hydrogens (tertiary/aromatic N) is 1. The standard InChI is InChI=1S/C21H36N2O2/c1-3-5-7-9-15-23(16-10-8-6-4-2)17-18-25-20-13-11-19(12-14-20)21(22)24/h11-14H,3-10,15-18H2,1-2H3,(H2,22,24). The van der Waals surface area contributed by atoms with E-state index in [4.69, 9.17) is 10.5 Å². The van der Waals surface area contributed by atoms with E-state index < -0.39 is 5.91 Å². The summed E-state index contributed by atoms with van der Waals surface area (Å²) in [6, 6.07) is 7.05. The molecule has 0 aliphatic carbocycles. The van der Waals surface area contributed by atoms with Crippen molar-refractivity contribution in [2.45, 2.75) is 65.2 Å². The Hall–Kier alpha value is -1.55. The van der Waals surface area contributed by atoms with Crippen molar-refractivity contribution in [2.75, 3.05) is 26.2 Å². The molecule has 1 rings (SSSR count). The molecular formula is C21H36N2O2. The van der Waals surface area contributed by atoms with Crippen LogP contribution >= 0.6 is 0 Å². The van der Waals surface area contributed by atoms with Crippen molar-refractivity contribution < 1.29 is 9.53 Å². The van der Waals surface area contributed by atoms with Gasteiger partial charge in [0.05, 0.1) is 0 Å². The van der Waals surface area contributed by atoms with E-state index in [1.807, 2.05) is 12.1 Å². The Morgan fingerprint density at radius 3 is 1.92 bits per heavy atom. The molecule has 4 nitrogen and oxygen atoms in total. The molecule has 0 saturated heterocycles. The minimum Gasteiger partial charge on any atom is -0.492 e. The van der Waals surface area contributed by atoms with Crippen LogP contribution in [0.15, 0.2) is 24.3 Å². The molecule has 0 aliphatic heterocycles. The Labute approximate surface area is 153 Å². The summed E-state index contributed by atoms with van der Waals surface area (Å²) in [5, 5.41) is 0. The van der Waals surface area contributed by atoms with Gasteiger partial charge in [-0.2, -0.15) is 0 Å². The number of nitrogens with two attached hydrogens (primary N) is 1. The van der Waals surface area contributed by atoms with Crippen LogP contribution in [0.3, 0.4) is 0 Å². The van der Waals surface area contributed by atoms with Crippen LogP contribution in [-0.4, -0.2) is 37.0 Å². The molecule has 1 aromatic rings. The second-order valence-electron chi connectivity index (χ2n) is 6.70. The molecule has 0 unspecified atom stereocenters. The summed E-state index contributed by atoms with van der Waals surface area (Å²) >= 11 is 0. The normalized spacial score (nSPS) is 11.0. The second-order valence-corrected chi connectivity index (χ2v) is 6.70. The van der Waals surface area contributed by atoms with Gasteiger partial charge < -0.3 is 10.5 Å². The summed E-state index contributed by atoms with van der Waals surface area (Å²) in [6.07, 6.45) is 10.4. The van der Waals surface area contributed by atoms with E-state index in [0.717, 1.165) is 25.4 Å². The number of ether oxygens (including phenoxy) is 1. The number of rotatable bonds is 15. The smallest absolute Gasteiger partial charge is 0.248 e. The average molecular weight is 349 g/mol. The third-order valence-electron chi connectivity index (χ3n) is 4.47. The van der Waals surface area contributed by atoms with Gasteiger partial charge in [0.2, 0.25) is 5.91 Å². The molecule has 1 amide bonds. The number of carbonyl (C=O) groups is 1. The first-order valence-corrected chi connectivity index (χ1v) is 9.92. The van der Waals surface area contributed by atoms with E-state index in [-0.39, 0.29) is 0 Å². The Bertz CT molecular complexity index is 447. The van der Waals surface area contributed by atoms with Crippen LogP contribution in [0.25, 0.3) is 0 Å². The maximum absolute atomic E-state index is 11.1. The molecule has 2 N–H and O–H groups in total. The van der Waals surface area contributed by atoms with Gasteiger partial charge in [-0.15, -0.1) is 0 Å². The predicted molar refractivity (Wildman–Crippen MR) is 105 cm³/mol. The number of amides is 1. The average Bonchev–Trinajstić information content (AvgIpc) is 2.62. The van der Waals surface area contributed by atoms with Crippen LogP contribution in [0.5, 0.6) is 5.75 Å². The van der Waals surface area contributed by atoms with E-state index in [2.05, 4.69) is 18.7 Å². The lowest BCUT2D eigenvalue weighted by atomic mass is 10.1. The van der Waals surface area contributed by atoms with Crippen LogP contribution in [-0.2, 0) is 0 Å². The van der Waals surface area contributed by atoms with E-state index >= 15 is 0 Å². The summed E-state index contributed by atoms with van der Waals surface area (Å²) in [5.74, 6) is 0.388. The summed E-state index contributed by atoms with van der Waals surface area (Å²) in [7, 11) is 0. The van der Waals surface area contributed by atoms with Crippen molar-refractivity contribution in [1.29, 1.82) is 0 Å².